The van der Waals surface area contributed by atoms with Gasteiger partial charge in [0.15, 0.2) is 6.04 Å². The van der Waals surface area contributed by atoms with Gasteiger partial charge < -0.3 is 0 Å². The quantitative estimate of drug-likeness (QED) is 0.780. The number of carbonyl (C=O) groups is 1. The Morgan fingerprint density at radius 3 is 2.56 bits per heavy atom. The van der Waals surface area contributed by atoms with E-state index < -0.39 is 17.6 Å². The Labute approximate surface area is 157 Å². The van der Waals surface area contributed by atoms with Crippen LogP contribution in [0.5, 0.6) is 0 Å². The van der Waals surface area contributed by atoms with Crippen molar-refractivity contribution in [1.29, 1.82) is 0 Å². The van der Waals surface area contributed by atoms with E-state index >= 15 is 0 Å². The Bertz CT molecular complexity index is 845. The predicted octanol–water partition coefficient (Wildman–Crippen LogP) is 5.16. The molecule has 1 aliphatic heterocycles. The van der Waals surface area contributed by atoms with Crippen molar-refractivity contribution < 1.29 is 18.0 Å². The zero-order valence-corrected chi connectivity index (χ0v) is 15.9. The van der Waals surface area contributed by atoms with Crippen molar-refractivity contribution in [3.63, 3.8) is 0 Å². The van der Waals surface area contributed by atoms with Gasteiger partial charge >= 0.3 is 6.18 Å². The van der Waals surface area contributed by atoms with Crippen LogP contribution in [0.3, 0.4) is 0 Å². The fourth-order valence-corrected chi connectivity index (χ4v) is 3.61. The van der Waals surface area contributed by atoms with E-state index in [0.29, 0.717) is 5.39 Å². The molecule has 2 aromatic carbocycles. The number of hydrogen-bond donors (Lipinski definition) is 1. The molecule has 1 aliphatic rings. The van der Waals surface area contributed by atoms with Gasteiger partial charge in [-0.2, -0.15) is 13.2 Å². The lowest BCUT2D eigenvalue weighted by atomic mass is 9.92. The van der Waals surface area contributed by atoms with Gasteiger partial charge in [0.25, 0.3) is 0 Å². The zero-order chi connectivity index (χ0) is 19.8. The largest absolute Gasteiger partial charge is 0.409 e. The molecule has 3 nitrogen and oxygen atoms in total. The second kappa shape index (κ2) is 7.15. The molecule has 6 heteroatoms. The molecular weight excluding hydrogens is 353 g/mol. The first-order valence-electron chi connectivity index (χ1n) is 9.29. The van der Waals surface area contributed by atoms with E-state index in [4.69, 9.17) is 0 Å². The Kier molecular flexibility index (Phi) is 5.21. The van der Waals surface area contributed by atoms with Crippen molar-refractivity contribution in [3.05, 3.63) is 47.5 Å². The van der Waals surface area contributed by atoms with Crippen LogP contribution in [0.4, 0.5) is 13.2 Å². The predicted molar refractivity (Wildman–Crippen MR) is 100.0 cm³/mol. The molecule has 1 atom stereocenters. The zero-order valence-electron chi connectivity index (χ0n) is 15.9. The van der Waals surface area contributed by atoms with Crippen LogP contribution in [0.25, 0.3) is 10.8 Å². The third-order valence-electron chi connectivity index (χ3n) is 5.14. The minimum atomic E-state index is -4.51. The molecule has 0 aliphatic carbocycles. The summed E-state index contributed by atoms with van der Waals surface area (Å²) in [5, 5.41) is 2.40. The minimum absolute atomic E-state index is 0.00191. The van der Waals surface area contributed by atoms with Gasteiger partial charge in [0.2, 0.25) is 5.91 Å². The van der Waals surface area contributed by atoms with Crippen molar-refractivity contribution >= 4 is 16.7 Å². The highest BCUT2D eigenvalue weighted by Crippen LogP contribution is 2.42. The van der Waals surface area contributed by atoms with E-state index in [1.54, 1.807) is 19.9 Å². The number of nitrogens with zero attached hydrogens (tertiary/aromatic N) is 1. The van der Waals surface area contributed by atoms with Crippen molar-refractivity contribution in [2.24, 2.45) is 5.41 Å². The summed E-state index contributed by atoms with van der Waals surface area (Å²) >= 11 is 0. The molecule has 1 heterocycles. The minimum Gasteiger partial charge on any atom is -0.287 e. The molecular formula is C21H25F3N2O. The molecule has 0 unspecified atom stereocenters. The van der Waals surface area contributed by atoms with Crippen LogP contribution in [-0.4, -0.2) is 23.6 Å². The highest BCUT2D eigenvalue weighted by molar-refractivity contribution is 5.87. The lowest BCUT2D eigenvalue weighted by molar-refractivity contribution is -0.191. The highest BCUT2D eigenvalue weighted by atomic mass is 19.4. The van der Waals surface area contributed by atoms with Crippen molar-refractivity contribution in [2.75, 3.05) is 6.54 Å². The number of rotatable bonds is 5. The van der Waals surface area contributed by atoms with Gasteiger partial charge in [-0.1, -0.05) is 49.7 Å². The summed E-state index contributed by atoms with van der Waals surface area (Å²) in [5.74, 6) is -0.388. The number of alkyl halides is 3. The molecule has 0 saturated carbocycles. The number of hydrogen-bond acceptors (Lipinski definition) is 2. The van der Waals surface area contributed by atoms with Crippen LogP contribution in [0, 0.1) is 5.41 Å². The number of carbonyl (C=O) groups excluding carboxylic acids is 1. The number of hydrazine groups is 1. The first kappa shape index (κ1) is 19.7. The molecule has 0 spiro atoms. The van der Waals surface area contributed by atoms with Crippen LogP contribution in [0.2, 0.25) is 0 Å². The van der Waals surface area contributed by atoms with Crippen molar-refractivity contribution in [1.82, 2.24) is 10.4 Å². The third-order valence-corrected chi connectivity index (χ3v) is 5.14. The van der Waals surface area contributed by atoms with Crippen LogP contribution < -0.4 is 5.43 Å². The fourth-order valence-electron chi connectivity index (χ4n) is 3.61. The second-order valence-electron chi connectivity index (χ2n) is 7.90. The molecule has 3 rings (SSSR count). The number of nitrogens with one attached hydrogen (secondary N) is 1. The lowest BCUT2D eigenvalue weighted by Crippen LogP contribution is -2.43. The standard InChI is InChI=1S/C21H25F3N2O/c1-4-5-7-14-10-11-15-8-6-9-16(17(15)12-14)18(21(22,23)24)26-13-20(2,3)19(27)25-26/h6,8-12,18H,4-5,7,13H2,1-3H3,(H,25,27)/t18-/m0/s1. The number of aryl methyl sites for hydroxylation is 1. The molecule has 1 amide bonds. The molecule has 2 aromatic rings. The van der Waals surface area contributed by atoms with Crippen LogP contribution in [0.15, 0.2) is 36.4 Å². The Morgan fingerprint density at radius 1 is 1.22 bits per heavy atom. The molecule has 146 valence electrons. The summed E-state index contributed by atoms with van der Waals surface area (Å²) in [6.45, 7) is 5.40. The van der Waals surface area contributed by atoms with E-state index in [1.807, 2.05) is 24.3 Å². The van der Waals surface area contributed by atoms with E-state index in [-0.39, 0.29) is 18.0 Å². The van der Waals surface area contributed by atoms with Gasteiger partial charge in [0, 0.05) is 6.54 Å². The van der Waals surface area contributed by atoms with E-state index in [1.165, 1.54) is 6.07 Å². The van der Waals surface area contributed by atoms with Crippen LogP contribution in [-0.2, 0) is 11.2 Å². The average Bonchev–Trinajstić information content (AvgIpc) is 2.84. The van der Waals surface area contributed by atoms with Crippen molar-refractivity contribution in [2.45, 2.75) is 52.3 Å². The normalized spacial score (nSPS) is 18.7. The topological polar surface area (TPSA) is 32.3 Å². The first-order chi connectivity index (χ1) is 12.6. The second-order valence-corrected chi connectivity index (χ2v) is 7.90. The van der Waals surface area contributed by atoms with Crippen molar-refractivity contribution in [3.8, 4) is 0 Å². The summed E-state index contributed by atoms with van der Waals surface area (Å²) in [6.07, 6.45) is -1.65. The molecule has 0 radical (unpaired) electrons. The third kappa shape index (κ3) is 3.95. The number of fused-ring (bicyclic) bond motifs is 1. The smallest absolute Gasteiger partial charge is 0.287 e. The monoisotopic (exact) mass is 378 g/mol. The number of amides is 1. The number of unbranched alkanes of at least 4 members (excludes halogenated alkanes) is 1. The van der Waals surface area contributed by atoms with Gasteiger partial charge in [-0.3, -0.25) is 10.2 Å². The molecule has 27 heavy (non-hydrogen) atoms. The Morgan fingerprint density at radius 2 is 1.96 bits per heavy atom. The van der Waals surface area contributed by atoms with Gasteiger partial charge in [-0.05, 0) is 48.6 Å². The van der Waals surface area contributed by atoms with E-state index in [9.17, 15) is 18.0 Å². The summed E-state index contributed by atoms with van der Waals surface area (Å²) in [7, 11) is 0. The van der Waals surface area contributed by atoms with Crippen LogP contribution >= 0.6 is 0 Å². The Balaban J connectivity index is 2.09. The maximum Gasteiger partial charge on any atom is 0.409 e. The van der Waals surface area contributed by atoms with Crippen LogP contribution in [0.1, 0.15) is 50.8 Å². The maximum atomic E-state index is 14.1. The molecule has 1 saturated heterocycles. The van der Waals surface area contributed by atoms with Gasteiger partial charge in [-0.15, -0.1) is 0 Å². The summed E-state index contributed by atoms with van der Waals surface area (Å²) < 4.78 is 42.2. The highest BCUT2D eigenvalue weighted by Gasteiger charge is 2.51. The molecule has 0 bridgehead atoms. The summed E-state index contributed by atoms with van der Waals surface area (Å²) in [4.78, 5) is 12.1. The molecule has 1 N–H and O–H groups in total. The van der Waals surface area contributed by atoms with Gasteiger partial charge in [0.05, 0.1) is 5.41 Å². The summed E-state index contributed by atoms with van der Waals surface area (Å²) in [6, 6.07) is 8.82. The number of halogens is 3. The molecule has 1 fully saturated rings. The maximum absolute atomic E-state index is 14.1. The SMILES string of the molecule is CCCCc1ccc2cccc([C@H](N3CC(C)(C)C(=O)N3)C(F)(F)F)c2c1. The lowest BCUT2D eigenvalue weighted by Gasteiger charge is -2.30. The summed E-state index contributed by atoms with van der Waals surface area (Å²) in [5.41, 5.74) is 2.78. The Hall–Kier alpha value is -2.08. The average molecular weight is 378 g/mol. The van der Waals surface area contributed by atoms with Gasteiger partial charge in [0.1, 0.15) is 0 Å². The fraction of sp³-hybridized carbons (Fsp3) is 0.476. The van der Waals surface area contributed by atoms with Gasteiger partial charge in [-0.25, -0.2) is 5.01 Å². The van der Waals surface area contributed by atoms with E-state index in [0.717, 1.165) is 35.2 Å². The number of benzene rings is 2. The first-order valence-corrected chi connectivity index (χ1v) is 9.29. The molecule has 0 aromatic heterocycles. The van der Waals surface area contributed by atoms with E-state index in [2.05, 4.69) is 12.3 Å².